The van der Waals surface area contributed by atoms with Gasteiger partial charge in [0.05, 0.1) is 13.2 Å². The van der Waals surface area contributed by atoms with E-state index in [2.05, 4.69) is 42.4 Å². The van der Waals surface area contributed by atoms with Gasteiger partial charge in [0.2, 0.25) is 0 Å². The Morgan fingerprint density at radius 1 is 1.12 bits per heavy atom. The van der Waals surface area contributed by atoms with Gasteiger partial charge in [-0.2, -0.15) is 0 Å². The number of benzene rings is 2. The van der Waals surface area contributed by atoms with Crippen molar-refractivity contribution in [1.82, 2.24) is 0 Å². The fourth-order valence-corrected chi connectivity index (χ4v) is 2.74. The normalized spacial score (nSPS) is 11.6. The molecule has 0 bridgehead atoms. The van der Waals surface area contributed by atoms with Gasteiger partial charge < -0.3 is 15.8 Å². The van der Waals surface area contributed by atoms with Crippen molar-refractivity contribution in [1.29, 1.82) is 0 Å². The average Bonchev–Trinajstić information content (AvgIpc) is 2.62. The van der Waals surface area contributed by atoms with Crippen molar-refractivity contribution in [3.63, 3.8) is 0 Å². The van der Waals surface area contributed by atoms with Crippen molar-refractivity contribution in [3.8, 4) is 0 Å². The van der Waals surface area contributed by atoms with Crippen LogP contribution in [0.5, 0.6) is 0 Å². The Bertz CT molecular complexity index is 721. The summed E-state index contributed by atoms with van der Waals surface area (Å²) in [7, 11) is 1.54. The Balaban J connectivity index is 2.14. The van der Waals surface area contributed by atoms with Crippen LogP contribution in [0.25, 0.3) is 0 Å². The molecule has 0 amide bonds. The molecule has 0 fully saturated rings. The molecule has 0 radical (unpaired) electrons. The highest BCUT2D eigenvalue weighted by Crippen LogP contribution is 2.22. The molecule has 4 nitrogen and oxygen atoms in total. The van der Waals surface area contributed by atoms with Gasteiger partial charge in [0.25, 0.3) is 0 Å². The molecule has 0 aromatic heterocycles. The summed E-state index contributed by atoms with van der Waals surface area (Å²) in [5.41, 5.74) is 10.9. The molecule has 3 N–H and O–H groups in total. The molecule has 0 heterocycles. The van der Waals surface area contributed by atoms with Crippen LogP contribution in [-0.2, 0) is 30.7 Å². The van der Waals surface area contributed by atoms with Crippen LogP contribution in [0.4, 0.5) is 10.1 Å². The second-order valence-corrected chi connectivity index (χ2v) is 5.84. The molecule has 0 unspecified atom stereocenters. The minimum absolute atomic E-state index is 0.237. The molecule has 0 aliphatic carbocycles. The fraction of sp³-hybridized carbons (Fsp3) is 0.350. The number of guanidine groups is 1. The monoisotopic (exact) mass is 343 g/mol. The number of rotatable bonds is 7. The summed E-state index contributed by atoms with van der Waals surface area (Å²) in [6.45, 7) is 4.85. The average molecular weight is 343 g/mol. The topological polar surface area (TPSA) is 59.6 Å². The predicted octanol–water partition coefficient (Wildman–Crippen LogP) is 4.02. The van der Waals surface area contributed by atoms with Crippen LogP contribution in [0.2, 0.25) is 0 Å². The number of nitrogens with one attached hydrogen (secondary N) is 1. The lowest BCUT2D eigenvalue weighted by Gasteiger charge is -2.15. The second-order valence-electron chi connectivity index (χ2n) is 5.84. The number of halogens is 1. The first-order chi connectivity index (χ1) is 12.1. The minimum atomic E-state index is -0.273. The summed E-state index contributed by atoms with van der Waals surface area (Å²) >= 11 is 0. The molecule has 2 aromatic carbocycles. The third kappa shape index (κ3) is 5.03. The number of hydrogen-bond donors (Lipinski definition) is 2. The van der Waals surface area contributed by atoms with Gasteiger partial charge >= 0.3 is 0 Å². The van der Waals surface area contributed by atoms with E-state index in [0.717, 1.165) is 24.1 Å². The molecular weight excluding hydrogens is 317 g/mol. The van der Waals surface area contributed by atoms with Gasteiger partial charge in [-0.1, -0.05) is 38.1 Å². The first-order valence-corrected chi connectivity index (χ1v) is 8.52. The van der Waals surface area contributed by atoms with E-state index in [9.17, 15) is 4.39 Å². The van der Waals surface area contributed by atoms with Crippen molar-refractivity contribution in [2.75, 3.05) is 12.4 Å². The quantitative estimate of drug-likeness (QED) is 0.589. The molecule has 25 heavy (non-hydrogen) atoms. The van der Waals surface area contributed by atoms with Gasteiger partial charge in [-0.05, 0) is 41.7 Å². The highest BCUT2D eigenvalue weighted by Gasteiger charge is 2.07. The fourth-order valence-electron chi connectivity index (χ4n) is 2.74. The molecule has 0 aliphatic heterocycles. The van der Waals surface area contributed by atoms with Gasteiger partial charge in [0.1, 0.15) is 5.82 Å². The van der Waals surface area contributed by atoms with Crippen LogP contribution < -0.4 is 11.1 Å². The standard InChI is InChI=1S/C20H26FN3O/c1-4-15-7-6-8-16(5-2)19(15)24-20(22)23-12-14-9-10-18(21)17(11-14)13-25-3/h6-11H,4-5,12-13H2,1-3H3,(H3,22,23,24). The summed E-state index contributed by atoms with van der Waals surface area (Å²) in [5.74, 6) is 0.0818. The van der Waals surface area contributed by atoms with Gasteiger partial charge in [0.15, 0.2) is 5.96 Å². The lowest BCUT2D eigenvalue weighted by atomic mass is 10.0. The summed E-state index contributed by atoms with van der Waals surface area (Å²) in [6, 6.07) is 11.1. The van der Waals surface area contributed by atoms with Gasteiger partial charge in [-0.15, -0.1) is 0 Å². The molecule has 0 spiro atoms. The largest absolute Gasteiger partial charge is 0.380 e. The van der Waals surface area contributed by atoms with E-state index in [0.29, 0.717) is 18.1 Å². The SMILES string of the molecule is CCc1cccc(CC)c1NC(N)=NCc1ccc(F)c(COC)c1. The van der Waals surface area contributed by atoms with Crippen LogP contribution in [0.15, 0.2) is 41.4 Å². The van der Waals surface area contributed by atoms with Crippen LogP contribution in [0.3, 0.4) is 0 Å². The van der Waals surface area contributed by atoms with E-state index in [4.69, 9.17) is 10.5 Å². The second kappa shape index (κ2) is 9.18. The van der Waals surface area contributed by atoms with E-state index >= 15 is 0 Å². The van der Waals surface area contributed by atoms with Crippen molar-refractivity contribution in [2.24, 2.45) is 10.7 Å². The van der Waals surface area contributed by atoms with E-state index in [1.54, 1.807) is 19.2 Å². The number of nitrogens with zero attached hydrogens (tertiary/aromatic N) is 1. The van der Waals surface area contributed by atoms with Crippen LogP contribution >= 0.6 is 0 Å². The number of hydrogen-bond acceptors (Lipinski definition) is 2. The summed E-state index contributed by atoms with van der Waals surface area (Å²) in [5, 5.41) is 3.23. The van der Waals surface area contributed by atoms with Crippen molar-refractivity contribution >= 4 is 11.6 Å². The third-order valence-corrected chi connectivity index (χ3v) is 4.09. The van der Waals surface area contributed by atoms with Gasteiger partial charge in [-0.3, -0.25) is 0 Å². The summed E-state index contributed by atoms with van der Waals surface area (Å²) in [4.78, 5) is 4.39. The third-order valence-electron chi connectivity index (χ3n) is 4.09. The van der Waals surface area contributed by atoms with E-state index < -0.39 is 0 Å². The highest BCUT2D eigenvalue weighted by atomic mass is 19.1. The van der Waals surface area contributed by atoms with E-state index in [1.165, 1.54) is 17.2 Å². The van der Waals surface area contributed by atoms with E-state index in [1.807, 2.05) is 0 Å². The summed E-state index contributed by atoms with van der Waals surface area (Å²) in [6.07, 6.45) is 1.84. The van der Waals surface area contributed by atoms with Crippen molar-refractivity contribution < 1.29 is 9.13 Å². The molecule has 5 heteroatoms. The maximum atomic E-state index is 13.7. The van der Waals surface area contributed by atoms with Gasteiger partial charge in [0, 0.05) is 18.4 Å². The Morgan fingerprint density at radius 2 is 1.80 bits per heavy atom. The number of aliphatic imine (C=N–C) groups is 1. The first kappa shape index (κ1) is 18.9. The Kier molecular flexibility index (Phi) is 6.95. The number of aryl methyl sites for hydroxylation is 2. The lowest BCUT2D eigenvalue weighted by molar-refractivity contribution is 0.181. The molecule has 0 aliphatic rings. The number of methoxy groups -OCH3 is 1. The Morgan fingerprint density at radius 3 is 2.40 bits per heavy atom. The number of ether oxygens (including phenoxy) is 1. The minimum Gasteiger partial charge on any atom is -0.380 e. The predicted molar refractivity (Wildman–Crippen MR) is 101 cm³/mol. The molecule has 0 saturated carbocycles. The molecule has 0 saturated heterocycles. The number of anilines is 1. The zero-order valence-electron chi connectivity index (χ0n) is 15.1. The van der Waals surface area contributed by atoms with Crippen LogP contribution in [0, 0.1) is 5.82 Å². The van der Waals surface area contributed by atoms with E-state index in [-0.39, 0.29) is 12.4 Å². The first-order valence-electron chi connectivity index (χ1n) is 8.52. The maximum Gasteiger partial charge on any atom is 0.193 e. The zero-order valence-corrected chi connectivity index (χ0v) is 15.1. The van der Waals surface area contributed by atoms with Crippen molar-refractivity contribution in [3.05, 3.63) is 64.5 Å². The zero-order chi connectivity index (χ0) is 18.2. The van der Waals surface area contributed by atoms with Gasteiger partial charge in [-0.25, -0.2) is 9.38 Å². The lowest BCUT2D eigenvalue weighted by Crippen LogP contribution is -2.24. The molecular formula is C20H26FN3O. The van der Waals surface area contributed by atoms with Crippen LogP contribution in [0.1, 0.15) is 36.1 Å². The number of para-hydroxylation sites is 1. The Labute approximate surface area is 148 Å². The maximum absolute atomic E-state index is 13.7. The molecule has 2 rings (SSSR count). The number of nitrogens with two attached hydrogens (primary N) is 1. The molecule has 0 atom stereocenters. The Hall–Kier alpha value is -2.40. The molecule has 2 aromatic rings. The smallest absolute Gasteiger partial charge is 0.193 e. The summed E-state index contributed by atoms with van der Waals surface area (Å²) < 4.78 is 18.7. The van der Waals surface area contributed by atoms with Crippen LogP contribution in [-0.4, -0.2) is 13.1 Å². The van der Waals surface area contributed by atoms with Crippen molar-refractivity contribution in [2.45, 2.75) is 39.8 Å². The highest BCUT2D eigenvalue weighted by molar-refractivity contribution is 5.93. The molecule has 134 valence electrons.